The number of aromatic amines is 1. The number of aryl methyl sites for hydroxylation is 1. The van der Waals surface area contributed by atoms with Crippen LogP contribution in [0.2, 0.25) is 0 Å². The smallest absolute Gasteiger partial charge is 0.253 e. The Hall–Kier alpha value is -3.14. The van der Waals surface area contributed by atoms with Gasteiger partial charge in [0.15, 0.2) is 11.3 Å². The Kier molecular flexibility index (Phi) is 5.01. The molecule has 0 radical (unpaired) electrons. The molecule has 1 unspecified atom stereocenters. The van der Waals surface area contributed by atoms with E-state index < -0.39 is 10.0 Å². The predicted octanol–water partition coefficient (Wildman–Crippen LogP) is 2.77. The number of nitrogens with zero attached hydrogens (tertiary/aromatic N) is 6. The van der Waals surface area contributed by atoms with E-state index in [1.165, 1.54) is 0 Å². The van der Waals surface area contributed by atoms with Crippen LogP contribution in [0.4, 0.5) is 0 Å². The van der Waals surface area contributed by atoms with Crippen LogP contribution in [0.25, 0.3) is 16.8 Å². The van der Waals surface area contributed by atoms with Crippen molar-refractivity contribution in [3.8, 4) is 0 Å². The summed E-state index contributed by atoms with van der Waals surface area (Å²) < 4.78 is 30.8. The minimum atomic E-state index is -3.53. The molecule has 31 heavy (non-hydrogen) atoms. The van der Waals surface area contributed by atoms with E-state index in [-0.39, 0.29) is 17.6 Å². The molecule has 5 rings (SSSR count). The molecule has 3 atom stereocenters. The quantitative estimate of drug-likeness (QED) is 0.463. The lowest BCUT2D eigenvalue weighted by molar-refractivity contribution is 0.507. The molecule has 9 nitrogen and oxygen atoms in total. The highest BCUT2D eigenvalue weighted by atomic mass is 32.2. The van der Waals surface area contributed by atoms with Crippen LogP contribution in [0, 0.1) is 11.8 Å². The maximum absolute atomic E-state index is 12.4. The normalized spacial score (nSPS) is 22.2. The van der Waals surface area contributed by atoms with Crippen molar-refractivity contribution in [1.29, 1.82) is 0 Å². The number of fused-ring (bicyclic) bond motifs is 3. The van der Waals surface area contributed by atoms with E-state index in [0.29, 0.717) is 18.0 Å². The first-order valence-corrected chi connectivity index (χ1v) is 12.0. The zero-order valence-corrected chi connectivity index (χ0v) is 17.9. The van der Waals surface area contributed by atoms with Crippen molar-refractivity contribution in [3.63, 3.8) is 0 Å². The molecule has 0 aliphatic heterocycles. The largest absolute Gasteiger partial charge is 0.345 e. The molecular weight excluding hydrogens is 414 g/mol. The van der Waals surface area contributed by atoms with Crippen molar-refractivity contribution >= 4 is 33.0 Å². The summed E-state index contributed by atoms with van der Waals surface area (Å²) in [5, 5.41) is 8.75. The van der Waals surface area contributed by atoms with Crippen LogP contribution in [0.5, 0.6) is 0 Å². The van der Waals surface area contributed by atoms with Crippen LogP contribution in [-0.2, 0) is 16.4 Å². The Labute approximate surface area is 179 Å². The number of H-pyrrole nitrogens is 1. The first-order chi connectivity index (χ1) is 15.0. The third-order valence-corrected chi connectivity index (χ3v) is 7.15. The van der Waals surface area contributed by atoms with E-state index in [1.54, 1.807) is 18.6 Å². The predicted molar refractivity (Wildman–Crippen MR) is 117 cm³/mol. The Morgan fingerprint density at radius 3 is 2.97 bits per heavy atom. The minimum absolute atomic E-state index is 0.0422. The topological polar surface area (TPSA) is 118 Å². The van der Waals surface area contributed by atoms with Gasteiger partial charge in [0.05, 0.1) is 17.5 Å². The summed E-state index contributed by atoms with van der Waals surface area (Å²) >= 11 is 0. The summed E-state index contributed by atoms with van der Waals surface area (Å²) in [6.07, 6.45) is 8.84. The lowest BCUT2D eigenvalue weighted by atomic mass is 9.97. The number of hydrogen-bond acceptors (Lipinski definition) is 6. The molecule has 0 saturated heterocycles. The van der Waals surface area contributed by atoms with Gasteiger partial charge in [-0.3, -0.25) is 9.38 Å². The Morgan fingerprint density at radius 1 is 1.23 bits per heavy atom. The standard InChI is InChI=1S/C21H23N7O2S/c1-14-10-15(12-25-31(29,30)9-6-16-4-2-3-7-22-16)11-17(14)21-27-26-19-13-24-20-18(28(19)21)5-8-23-20/h2-5,7-8,12-15,17,23H,6,9-11H2,1H3/b25-12+/t14-,15?,17+/m1/s1. The number of hydrogen-bond donors (Lipinski definition) is 1. The Balaban J connectivity index is 1.32. The molecule has 0 spiro atoms. The first-order valence-electron chi connectivity index (χ1n) is 10.4. The molecule has 160 valence electrons. The number of aromatic nitrogens is 6. The fourth-order valence-corrected chi connectivity index (χ4v) is 5.36. The zero-order chi connectivity index (χ0) is 21.4. The summed E-state index contributed by atoms with van der Waals surface area (Å²) in [6.45, 7) is 2.17. The van der Waals surface area contributed by atoms with Gasteiger partial charge in [0.2, 0.25) is 0 Å². The summed E-state index contributed by atoms with van der Waals surface area (Å²) in [5.74, 6) is 1.44. The van der Waals surface area contributed by atoms with Gasteiger partial charge in [-0.2, -0.15) is 4.40 Å². The number of sulfonamides is 1. The Bertz CT molecular complexity index is 1340. The van der Waals surface area contributed by atoms with Crippen LogP contribution in [0.15, 0.2) is 47.3 Å². The van der Waals surface area contributed by atoms with Crippen LogP contribution < -0.4 is 0 Å². The third kappa shape index (κ3) is 3.95. The van der Waals surface area contributed by atoms with Gasteiger partial charge in [-0.25, -0.2) is 13.4 Å². The summed E-state index contributed by atoms with van der Waals surface area (Å²) in [7, 11) is -3.53. The first kappa shape index (κ1) is 19.8. The number of pyridine rings is 1. The molecule has 1 fully saturated rings. The van der Waals surface area contributed by atoms with Crippen molar-refractivity contribution in [2.75, 3.05) is 5.75 Å². The monoisotopic (exact) mass is 437 g/mol. The van der Waals surface area contributed by atoms with Gasteiger partial charge in [-0.15, -0.1) is 10.2 Å². The molecule has 4 heterocycles. The van der Waals surface area contributed by atoms with Crippen molar-refractivity contribution in [3.05, 3.63) is 54.4 Å². The lowest BCUT2D eigenvalue weighted by Crippen LogP contribution is -2.09. The van der Waals surface area contributed by atoms with Crippen molar-refractivity contribution in [2.24, 2.45) is 16.2 Å². The van der Waals surface area contributed by atoms with Gasteiger partial charge < -0.3 is 4.98 Å². The number of rotatable bonds is 6. The summed E-state index contributed by atoms with van der Waals surface area (Å²) in [6, 6.07) is 7.45. The van der Waals surface area contributed by atoms with E-state index in [4.69, 9.17) is 0 Å². The molecule has 1 aliphatic rings. The SMILES string of the molecule is C[C@@H]1CC(/C=N/S(=O)(=O)CCc2ccccn2)C[C@@H]1c1nnc2cnc3[nH]ccc3n12. The second-order valence-electron chi connectivity index (χ2n) is 8.15. The van der Waals surface area contributed by atoms with Crippen LogP contribution in [0.3, 0.4) is 0 Å². The fourth-order valence-electron chi connectivity index (χ4n) is 4.43. The van der Waals surface area contributed by atoms with Gasteiger partial charge in [-0.1, -0.05) is 13.0 Å². The molecule has 4 aromatic rings. The second kappa shape index (κ2) is 7.84. The van der Waals surface area contributed by atoms with Gasteiger partial charge in [0.1, 0.15) is 5.82 Å². The van der Waals surface area contributed by atoms with Crippen molar-refractivity contribution in [1.82, 2.24) is 29.5 Å². The van der Waals surface area contributed by atoms with Crippen molar-refractivity contribution < 1.29 is 8.42 Å². The molecule has 0 aromatic carbocycles. The van der Waals surface area contributed by atoms with E-state index >= 15 is 0 Å². The zero-order valence-electron chi connectivity index (χ0n) is 17.1. The van der Waals surface area contributed by atoms with Gasteiger partial charge >= 0.3 is 0 Å². The highest BCUT2D eigenvalue weighted by Crippen LogP contribution is 2.42. The van der Waals surface area contributed by atoms with Crippen molar-refractivity contribution in [2.45, 2.75) is 32.1 Å². The summed E-state index contributed by atoms with van der Waals surface area (Å²) in [4.78, 5) is 11.7. The van der Waals surface area contributed by atoms with Crippen LogP contribution >= 0.6 is 0 Å². The van der Waals surface area contributed by atoms with Crippen LogP contribution in [-0.4, -0.2) is 49.9 Å². The second-order valence-corrected chi connectivity index (χ2v) is 9.93. The molecule has 4 aromatic heterocycles. The molecule has 1 N–H and O–H groups in total. The van der Waals surface area contributed by atoms with E-state index in [2.05, 4.69) is 36.5 Å². The molecule has 1 aliphatic carbocycles. The van der Waals surface area contributed by atoms with Gasteiger partial charge in [0.25, 0.3) is 10.0 Å². The van der Waals surface area contributed by atoms with E-state index in [9.17, 15) is 8.42 Å². The van der Waals surface area contributed by atoms with Gasteiger partial charge in [0, 0.05) is 36.6 Å². The fraction of sp³-hybridized carbons (Fsp3) is 0.381. The third-order valence-electron chi connectivity index (χ3n) is 5.99. The van der Waals surface area contributed by atoms with Gasteiger partial charge in [-0.05, 0) is 42.9 Å². The maximum atomic E-state index is 12.4. The van der Waals surface area contributed by atoms with Crippen LogP contribution in [0.1, 0.15) is 37.2 Å². The minimum Gasteiger partial charge on any atom is -0.345 e. The summed E-state index contributed by atoms with van der Waals surface area (Å²) in [5.41, 5.74) is 3.19. The average Bonchev–Trinajstić information content (AvgIpc) is 3.49. The van der Waals surface area contributed by atoms with E-state index in [1.807, 2.05) is 34.9 Å². The number of nitrogens with one attached hydrogen (secondary N) is 1. The molecule has 10 heteroatoms. The Morgan fingerprint density at radius 2 is 2.13 bits per heavy atom. The molecule has 1 saturated carbocycles. The molecule has 0 bridgehead atoms. The maximum Gasteiger partial charge on any atom is 0.253 e. The average molecular weight is 438 g/mol. The highest BCUT2D eigenvalue weighted by Gasteiger charge is 2.35. The molecule has 0 amide bonds. The molecular formula is C21H23N7O2S. The lowest BCUT2D eigenvalue weighted by Gasteiger charge is -2.13. The highest BCUT2D eigenvalue weighted by molar-refractivity contribution is 7.90. The van der Waals surface area contributed by atoms with E-state index in [0.717, 1.165) is 35.5 Å².